The third-order valence-electron chi connectivity index (χ3n) is 5.45. The minimum absolute atomic E-state index is 0.196. The van der Waals surface area contributed by atoms with E-state index in [4.69, 9.17) is 15.6 Å². The highest BCUT2D eigenvalue weighted by molar-refractivity contribution is 6.13. The number of hydrogen-bond donors (Lipinski definition) is 2. The zero-order valence-corrected chi connectivity index (χ0v) is 17.2. The standard InChI is InChI=1S/C24H21F3N2O3/c1-14-8-9-19(32-13-20(30)31)22-21-16(11-28)5-3-7-18(21)29(23(14)22)12-15-4-2-6-17(10-15)24(25,26)27/h2-10H,11-13,28H2,1H3,(H,30,31). The van der Waals surface area contributed by atoms with Crippen molar-refractivity contribution in [2.45, 2.75) is 26.2 Å². The van der Waals surface area contributed by atoms with Crippen LogP contribution in [0.15, 0.2) is 54.6 Å². The second-order valence-electron chi connectivity index (χ2n) is 7.59. The Kier molecular flexibility index (Phi) is 5.56. The van der Waals surface area contributed by atoms with Gasteiger partial charge in [-0.05, 0) is 47.9 Å². The average molecular weight is 442 g/mol. The lowest BCUT2D eigenvalue weighted by atomic mass is 10.0. The SMILES string of the molecule is Cc1ccc(OCC(=O)O)c2c3c(CN)cccc3n(Cc3cccc(C(F)(F)F)c3)c12. The molecule has 0 bridgehead atoms. The largest absolute Gasteiger partial charge is 0.481 e. The molecule has 3 aromatic carbocycles. The summed E-state index contributed by atoms with van der Waals surface area (Å²) in [6, 6.07) is 14.4. The van der Waals surface area contributed by atoms with Crippen molar-refractivity contribution in [2.24, 2.45) is 5.73 Å². The third-order valence-corrected chi connectivity index (χ3v) is 5.45. The van der Waals surface area contributed by atoms with Gasteiger partial charge >= 0.3 is 12.1 Å². The number of hydrogen-bond acceptors (Lipinski definition) is 3. The van der Waals surface area contributed by atoms with Crippen LogP contribution in [0.2, 0.25) is 0 Å². The van der Waals surface area contributed by atoms with Crippen LogP contribution in [0, 0.1) is 6.92 Å². The maximum absolute atomic E-state index is 13.2. The fourth-order valence-corrected chi connectivity index (χ4v) is 4.11. The third kappa shape index (κ3) is 3.89. The first-order chi connectivity index (χ1) is 15.2. The second-order valence-corrected chi connectivity index (χ2v) is 7.59. The molecule has 0 atom stereocenters. The maximum atomic E-state index is 13.2. The molecule has 0 saturated heterocycles. The lowest BCUT2D eigenvalue weighted by molar-refractivity contribution is -0.139. The number of fused-ring (bicyclic) bond motifs is 3. The molecule has 8 heteroatoms. The number of benzene rings is 3. The summed E-state index contributed by atoms with van der Waals surface area (Å²) >= 11 is 0. The van der Waals surface area contributed by atoms with Crippen molar-refractivity contribution in [1.29, 1.82) is 0 Å². The minimum atomic E-state index is -4.43. The first-order valence-corrected chi connectivity index (χ1v) is 9.95. The molecule has 4 aromatic rings. The van der Waals surface area contributed by atoms with Crippen LogP contribution in [0.4, 0.5) is 13.2 Å². The molecular weight excluding hydrogens is 421 g/mol. The van der Waals surface area contributed by atoms with Gasteiger partial charge < -0.3 is 20.1 Å². The molecule has 32 heavy (non-hydrogen) atoms. The molecule has 0 radical (unpaired) electrons. The number of nitrogens with zero attached hydrogens (tertiary/aromatic N) is 1. The zero-order chi connectivity index (χ0) is 23.0. The van der Waals surface area contributed by atoms with E-state index in [0.29, 0.717) is 16.7 Å². The van der Waals surface area contributed by atoms with Gasteiger partial charge in [-0.1, -0.05) is 30.3 Å². The van der Waals surface area contributed by atoms with Crippen LogP contribution >= 0.6 is 0 Å². The van der Waals surface area contributed by atoms with Crippen LogP contribution in [-0.2, 0) is 24.1 Å². The Morgan fingerprint density at radius 2 is 1.84 bits per heavy atom. The van der Waals surface area contributed by atoms with Gasteiger partial charge in [-0.25, -0.2) is 4.79 Å². The molecular formula is C24H21F3N2O3. The number of carboxylic acid groups (broad SMARTS) is 1. The van der Waals surface area contributed by atoms with Crippen molar-refractivity contribution in [1.82, 2.24) is 4.57 Å². The summed E-state index contributed by atoms with van der Waals surface area (Å²) in [5.41, 5.74) is 9.03. The highest BCUT2D eigenvalue weighted by Crippen LogP contribution is 2.40. The van der Waals surface area contributed by atoms with Crippen molar-refractivity contribution < 1.29 is 27.8 Å². The predicted molar refractivity (Wildman–Crippen MR) is 116 cm³/mol. The minimum Gasteiger partial charge on any atom is -0.481 e. The monoisotopic (exact) mass is 442 g/mol. The van der Waals surface area contributed by atoms with E-state index in [2.05, 4.69) is 0 Å². The Morgan fingerprint density at radius 1 is 1.09 bits per heavy atom. The van der Waals surface area contributed by atoms with E-state index < -0.39 is 24.3 Å². The molecule has 0 spiro atoms. The summed E-state index contributed by atoms with van der Waals surface area (Å²) in [5, 5.41) is 10.6. The molecule has 3 N–H and O–H groups in total. The number of aliphatic carboxylic acids is 1. The van der Waals surface area contributed by atoms with Crippen molar-refractivity contribution in [3.8, 4) is 5.75 Å². The molecule has 5 nitrogen and oxygen atoms in total. The van der Waals surface area contributed by atoms with E-state index in [-0.39, 0.29) is 13.1 Å². The van der Waals surface area contributed by atoms with Crippen LogP contribution in [0.25, 0.3) is 21.8 Å². The Balaban J connectivity index is 1.98. The van der Waals surface area contributed by atoms with E-state index in [1.165, 1.54) is 6.07 Å². The topological polar surface area (TPSA) is 77.5 Å². The number of nitrogens with two attached hydrogens (primary N) is 1. The summed E-state index contributed by atoms with van der Waals surface area (Å²) in [5.74, 6) is -0.716. The fourth-order valence-electron chi connectivity index (χ4n) is 4.11. The summed E-state index contributed by atoms with van der Waals surface area (Å²) in [7, 11) is 0. The van der Waals surface area contributed by atoms with Crippen LogP contribution in [-0.4, -0.2) is 22.2 Å². The normalized spacial score (nSPS) is 11.9. The van der Waals surface area contributed by atoms with Gasteiger partial charge in [-0.2, -0.15) is 13.2 Å². The van der Waals surface area contributed by atoms with Crippen molar-refractivity contribution >= 4 is 27.8 Å². The average Bonchev–Trinajstić information content (AvgIpc) is 3.08. The molecule has 0 unspecified atom stereocenters. The van der Waals surface area contributed by atoms with E-state index in [1.54, 1.807) is 12.1 Å². The van der Waals surface area contributed by atoms with Gasteiger partial charge in [-0.15, -0.1) is 0 Å². The van der Waals surface area contributed by atoms with Crippen LogP contribution < -0.4 is 10.5 Å². The van der Waals surface area contributed by atoms with Crippen molar-refractivity contribution in [3.05, 3.63) is 76.9 Å². The van der Waals surface area contributed by atoms with Gasteiger partial charge in [0.1, 0.15) is 5.75 Å². The predicted octanol–water partition coefficient (Wildman–Crippen LogP) is 5.09. The van der Waals surface area contributed by atoms with Gasteiger partial charge in [0.2, 0.25) is 0 Å². The highest BCUT2D eigenvalue weighted by atomic mass is 19.4. The quantitative estimate of drug-likeness (QED) is 0.436. The summed E-state index contributed by atoms with van der Waals surface area (Å²) in [4.78, 5) is 11.1. The number of aromatic nitrogens is 1. The first kappa shape index (κ1) is 21.7. The van der Waals surface area contributed by atoms with E-state index in [0.717, 1.165) is 39.7 Å². The number of aryl methyl sites for hydroxylation is 1. The molecule has 0 aliphatic rings. The number of rotatable bonds is 6. The summed E-state index contributed by atoms with van der Waals surface area (Å²) in [6.07, 6.45) is -4.43. The molecule has 1 aromatic heterocycles. The van der Waals surface area contributed by atoms with Gasteiger partial charge in [0.05, 0.1) is 16.5 Å². The van der Waals surface area contributed by atoms with Gasteiger partial charge in [0.15, 0.2) is 6.61 Å². The summed E-state index contributed by atoms with van der Waals surface area (Å²) in [6.45, 7) is 1.82. The zero-order valence-electron chi connectivity index (χ0n) is 17.2. The van der Waals surface area contributed by atoms with E-state index >= 15 is 0 Å². The number of carboxylic acids is 1. The van der Waals surface area contributed by atoms with Crippen LogP contribution in [0.3, 0.4) is 0 Å². The first-order valence-electron chi connectivity index (χ1n) is 9.95. The Bertz CT molecular complexity index is 1330. The number of carbonyl (C=O) groups is 1. The van der Waals surface area contributed by atoms with Gasteiger partial charge in [0.25, 0.3) is 0 Å². The molecule has 1 heterocycles. The van der Waals surface area contributed by atoms with Crippen LogP contribution in [0.5, 0.6) is 5.75 Å². The molecule has 4 rings (SSSR count). The Morgan fingerprint density at radius 3 is 2.53 bits per heavy atom. The molecule has 0 amide bonds. The molecule has 0 saturated carbocycles. The second kappa shape index (κ2) is 8.20. The van der Waals surface area contributed by atoms with Gasteiger partial charge in [-0.3, -0.25) is 0 Å². The fraction of sp³-hybridized carbons (Fsp3) is 0.208. The van der Waals surface area contributed by atoms with Crippen molar-refractivity contribution in [3.63, 3.8) is 0 Å². The number of ether oxygens (including phenoxy) is 1. The van der Waals surface area contributed by atoms with E-state index in [9.17, 15) is 18.0 Å². The molecule has 166 valence electrons. The Labute approximate surface area is 181 Å². The van der Waals surface area contributed by atoms with E-state index in [1.807, 2.05) is 35.8 Å². The molecule has 0 aliphatic heterocycles. The highest BCUT2D eigenvalue weighted by Gasteiger charge is 2.30. The number of alkyl halides is 3. The smallest absolute Gasteiger partial charge is 0.416 e. The van der Waals surface area contributed by atoms with Crippen LogP contribution in [0.1, 0.15) is 22.3 Å². The molecule has 0 fully saturated rings. The molecule has 0 aliphatic carbocycles. The lowest BCUT2D eigenvalue weighted by Gasteiger charge is -2.13. The summed E-state index contributed by atoms with van der Waals surface area (Å²) < 4.78 is 47.2. The van der Waals surface area contributed by atoms with Gasteiger partial charge in [0, 0.05) is 24.0 Å². The maximum Gasteiger partial charge on any atom is 0.416 e. The number of halogens is 3. The Hall–Kier alpha value is -3.52. The lowest BCUT2D eigenvalue weighted by Crippen LogP contribution is -2.10. The van der Waals surface area contributed by atoms with Crippen molar-refractivity contribution in [2.75, 3.05) is 6.61 Å².